The molecule has 0 aliphatic heterocycles. The molecule has 0 bridgehead atoms. The summed E-state index contributed by atoms with van der Waals surface area (Å²) in [6, 6.07) is 4.26. The second-order valence-corrected chi connectivity index (χ2v) is 6.22. The van der Waals surface area contributed by atoms with Crippen LogP contribution < -0.4 is 5.32 Å². The van der Waals surface area contributed by atoms with Gasteiger partial charge in [-0.25, -0.2) is 0 Å². The average Bonchev–Trinajstić information content (AvgIpc) is 2.93. The number of nitrogens with zero attached hydrogens (tertiary/aromatic N) is 2. The minimum atomic E-state index is 1.02. The molecule has 0 radical (unpaired) electrons. The zero-order valence-corrected chi connectivity index (χ0v) is 11.8. The van der Waals surface area contributed by atoms with Gasteiger partial charge in [-0.05, 0) is 38.6 Å². The van der Waals surface area contributed by atoms with Crippen LogP contribution in [0, 0.1) is 6.92 Å². The number of thiophene rings is 1. The molecule has 2 aromatic rings. The lowest BCUT2D eigenvalue weighted by atomic mass is 10.3. The maximum Gasteiger partial charge on any atom is 0.157 e. The van der Waals surface area contributed by atoms with Gasteiger partial charge in [-0.2, -0.15) is 0 Å². The standard InChI is InChI=1S/C12H17N3S2/c1-3-13-8-4-5-11-14-15-12(17-11)10-7-6-9(2)16-10/h6-7,13H,3-5,8H2,1-2H3. The SMILES string of the molecule is CCNCCCc1nnc(-c2ccc(C)s2)s1. The van der Waals surface area contributed by atoms with Crippen LogP contribution in [0.15, 0.2) is 12.1 Å². The smallest absolute Gasteiger partial charge is 0.157 e. The van der Waals surface area contributed by atoms with Crippen LogP contribution in [0.5, 0.6) is 0 Å². The summed E-state index contributed by atoms with van der Waals surface area (Å²) in [6.45, 7) is 6.34. The summed E-state index contributed by atoms with van der Waals surface area (Å²) in [6.07, 6.45) is 2.15. The topological polar surface area (TPSA) is 37.8 Å². The molecule has 0 fully saturated rings. The Hall–Kier alpha value is -0.780. The number of aromatic nitrogens is 2. The molecule has 1 N–H and O–H groups in total. The normalized spacial score (nSPS) is 10.9. The van der Waals surface area contributed by atoms with Crippen molar-refractivity contribution < 1.29 is 0 Å². The van der Waals surface area contributed by atoms with Crippen molar-refractivity contribution >= 4 is 22.7 Å². The van der Waals surface area contributed by atoms with Crippen molar-refractivity contribution in [3.8, 4) is 9.88 Å². The van der Waals surface area contributed by atoms with Crippen molar-refractivity contribution in [3.05, 3.63) is 22.0 Å². The summed E-state index contributed by atoms with van der Waals surface area (Å²) >= 11 is 3.50. The molecule has 0 aliphatic carbocycles. The molecular weight excluding hydrogens is 250 g/mol. The van der Waals surface area contributed by atoms with Crippen molar-refractivity contribution in [1.82, 2.24) is 15.5 Å². The number of hydrogen-bond acceptors (Lipinski definition) is 5. The van der Waals surface area contributed by atoms with Crippen LogP contribution in [0.1, 0.15) is 23.2 Å². The van der Waals surface area contributed by atoms with E-state index in [1.54, 1.807) is 22.7 Å². The van der Waals surface area contributed by atoms with E-state index in [0.29, 0.717) is 0 Å². The van der Waals surface area contributed by atoms with E-state index in [1.807, 2.05) is 0 Å². The molecule has 0 spiro atoms. The highest BCUT2D eigenvalue weighted by Gasteiger charge is 2.07. The predicted molar refractivity (Wildman–Crippen MR) is 74.8 cm³/mol. The maximum atomic E-state index is 4.26. The largest absolute Gasteiger partial charge is 0.317 e. The number of rotatable bonds is 6. The fourth-order valence-corrected chi connectivity index (χ4v) is 3.34. The monoisotopic (exact) mass is 267 g/mol. The molecule has 17 heavy (non-hydrogen) atoms. The molecule has 92 valence electrons. The Morgan fingerprint density at radius 3 is 2.82 bits per heavy atom. The van der Waals surface area contributed by atoms with Gasteiger partial charge < -0.3 is 5.32 Å². The molecule has 0 saturated carbocycles. The summed E-state index contributed by atoms with van der Waals surface area (Å²) in [5.74, 6) is 0. The minimum absolute atomic E-state index is 1.02. The van der Waals surface area contributed by atoms with Gasteiger partial charge in [0.2, 0.25) is 0 Å². The average molecular weight is 267 g/mol. The number of hydrogen-bond donors (Lipinski definition) is 1. The van der Waals surface area contributed by atoms with Gasteiger partial charge in [0.1, 0.15) is 5.01 Å². The van der Waals surface area contributed by atoms with E-state index >= 15 is 0 Å². The molecule has 2 aromatic heterocycles. The summed E-state index contributed by atoms with van der Waals surface area (Å²) in [5, 5.41) is 14.0. The summed E-state index contributed by atoms with van der Waals surface area (Å²) in [4.78, 5) is 2.56. The third kappa shape index (κ3) is 3.59. The molecule has 0 amide bonds. The lowest BCUT2D eigenvalue weighted by Crippen LogP contribution is -2.14. The molecule has 0 atom stereocenters. The van der Waals surface area contributed by atoms with E-state index in [-0.39, 0.29) is 0 Å². The Bertz CT molecular complexity index is 462. The van der Waals surface area contributed by atoms with Crippen LogP contribution in [-0.4, -0.2) is 23.3 Å². The van der Waals surface area contributed by atoms with Crippen molar-refractivity contribution in [1.29, 1.82) is 0 Å². The molecule has 2 heterocycles. The fraction of sp³-hybridized carbons (Fsp3) is 0.500. The first-order chi connectivity index (χ1) is 8.29. The lowest BCUT2D eigenvalue weighted by molar-refractivity contribution is 0.669. The van der Waals surface area contributed by atoms with Crippen LogP contribution in [0.2, 0.25) is 0 Å². The molecule has 0 aliphatic rings. The van der Waals surface area contributed by atoms with Crippen molar-refractivity contribution in [3.63, 3.8) is 0 Å². The van der Waals surface area contributed by atoms with Crippen LogP contribution >= 0.6 is 22.7 Å². The predicted octanol–water partition coefficient (Wildman–Crippen LogP) is 3.12. The molecule has 2 rings (SSSR count). The Morgan fingerprint density at radius 2 is 2.12 bits per heavy atom. The Balaban J connectivity index is 1.92. The van der Waals surface area contributed by atoms with Crippen LogP contribution in [0.4, 0.5) is 0 Å². The Labute approximate surface area is 110 Å². The van der Waals surface area contributed by atoms with Crippen molar-refractivity contribution in [2.75, 3.05) is 13.1 Å². The third-order valence-electron chi connectivity index (χ3n) is 2.41. The first-order valence-electron chi connectivity index (χ1n) is 5.89. The van der Waals surface area contributed by atoms with Crippen molar-refractivity contribution in [2.24, 2.45) is 0 Å². The molecule has 0 saturated heterocycles. The zero-order chi connectivity index (χ0) is 12.1. The third-order valence-corrected chi connectivity index (χ3v) is 4.57. The Kier molecular flexibility index (Phi) is 4.65. The van der Waals surface area contributed by atoms with Gasteiger partial charge >= 0.3 is 0 Å². The fourth-order valence-electron chi connectivity index (χ4n) is 1.55. The highest BCUT2D eigenvalue weighted by molar-refractivity contribution is 7.21. The van der Waals surface area contributed by atoms with E-state index in [4.69, 9.17) is 0 Å². The quantitative estimate of drug-likeness (QED) is 0.817. The van der Waals surface area contributed by atoms with Crippen LogP contribution in [-0.2, 0) is 6.42 Å². The summed E-state index contributed by atoms with van der Waals surface area (Å²) < 4.78 is 0. The highest BCUT2D eigenvalue weighted by Crippen LogP contribution is 2.30. The van der Waals surface area contributed by atoms with Gasteiger partial charge in [0.25, 0.3) is 0 Å². The van der Waals surface area contributed by atoms with Gasteiger partial charge in [-0.1, -0.05) is 18.3 Å². The van der Waals surface area contributed by atoms with Crippen LogP contribution in [0.3, 0.4) is 0 Å². The maximum absolute atomic E-state index is 4.26. The lowest BCUT2D eigenvalue weighted by Gasteiger charge is -1.97. The van der Waals surface area contributed by atoms with Gasteiger partial charge in [-0.15, -0.1) is 21.5 Å². The van der Waals surface area contributed by atoms with Gasteiger partial charge in [0.05, 0.1) is 4.88 Å². The number of aryl methyl sites for hydroxylation is 2. The first kappa shape index (κ1) is 12.7. The molecule has 3 nitrogen and oxygen atoms in total. The molecule has 5 heteroatoms. The van der Waals surface area contributed by atoms with E-state index in [9.17, 15) is 0 Å². The molecular formula is C12H17N3S2. The molecule has 0 aromatic carbocycles. The number of nitrogens with one attached hydrogen (secondary N) is 1. The van der Waals surface area contributed by atoms with Gasteiger partial charge in [0, 0.05) is 11.3 Å². The van der Waals surface area contributed by atoms with E-state index in [1.165, 1.54) is 9.75 Å². The van der Waals surface area contributed by atoms with Crippen molar-refractivity contribution in [2.45, 2.75) is 26.7 Å². The minimum Gasteiger partial charge on any atom is -0.317 e. The second-order valence-electron chi connectivity index (χ2n) is 3.87. The van der Waals surface area contributed by atoms with Gasteiger partial charge in [0.15, 0.2) is 5.01 Å². The Morgan fingerprint density at radius 1 is 1.24 bits per heavy atom. The molecule has 0 unspecified atom stereocenters. The summed E-state index contributed by atoms with van der Waals surface area (Å²) in [5.41, 5.74) is 0. The summed E-state index contributed by atoms with van der Waals surface area (Å²) in [7, 11) is 0. The highest BCUT2D eigenvalue weighted by atomic mass is 32.1. The van der Waals surface area contributed by atoms with E-state index in [2.05, 4.69) is 41.5 Å². The van der Waals surface area contributed by atoms with Crippen LogP contribution in [0.25, 0.3) is 9.88 Å². The van der Waals surface area contributed by atoms with E-state index in [0.717, 1.165) is 35.9 Å². The van der Waals surface area contributed by atoms with E-state index < -0.39 is 0 Å². The van der Waals surface area contributed by atoms with Gasteiger partial charge in [-0.3, -0.25) is 0 Å². The first-order valence-corrected chi connectivity index (χ1v) is 7.53. The zero-order valence-electron chi connectivity index (χ0n) is 10.2. The second kappa shape index (κ2) is 6.23.